The summed E-state index contributed by atoms with van der Waals surface area (Å²) in [6.45, 7) is 3.10. The summed E-state index contributed by atoms with van der Waals surface area (Å²) in [5.74, 6) is 0. The summed E-state index contributed by atoms with van der Waals surface area (Å²) in [7, 11) is -8.08. The van der Waals surface area contributed by atoms with Crippen molar-refractivity contribution in [3.8, 4) is 0 Å². The average molecular weight is 377 g/mol. The van der Waals surface area contributed by atoms with E-state index in [0.717, 1.165) is 4.31 Å². The number of nitrogens with zero attached hydrogens (tertiary/aromatic N) is 2. The molecule has 1 atom stereocenters. The number of nitro benzene ring substituents is 1. The minimum Gasteiger partial charge on any atom is -0.258 e. The van der Waals surface area contributed by atoms with Crippen LogP contribution in [0.5, 0.6) is 0 Å². The predicted octanol–water partition coefficient (Wildman–Crippen LogP) is 0.653. The number of hydrogen-bond donors (Lipinski definition) is 1. The fraction of sp³-hybridized carbons (Fsp3) is 0.538. The van der Waals surface area contributed by atoms with Crippen molar-refractivity contribution in [2.45, 2.75) is 36.8 Å². The Hall–Kier alpha value is -1.56. The molecule has 2 N–H and O–H groups in total. The zero-order valence-corrected chi connectivity index (χ0v) is 14.9. The van der Waals surface area contributed by atoms with E-state index in [0.29, 0.717) is 17.5 Å². The Balaban J connectivity index is 2.51. The molecule has 0 aromatic heterocycles. The molecule has 1 aliphatic rings. The van der Waals surface area contributed by atoms with Gasteiger partial charge in [0.25, 0.3) is 5.69 Å². The number of primary sulfonamides is 1. The monoisotopic (exact) mass is 377 g/mol. The number of hydrogen-bond acceptors (Lipinski definition) is 6. The first-order valence-corrected chi connectivity index (χ1v) is 10.3. The maximum atomic E-state index is 12.8. The molecule has 0 amide bonds. The summed E-state index contributed by atoms with van der Waals surface area (Å²) < 4.78 is 49.7. The molecule has 0 aliphatic carbocycles. The fourth-order valence-corrected chi connectivity index (χ4v) is 5.38. The van der Waals surface area contributed by atoms with Crippen LogP contribution < -0.4 is 5.14 Å². The molecule has 9 nitrogen and oxygen atoms in total. The van der Waals surface area contributed by atoms with Crippen molar-refractivity contribution in [1.82, 2.24) is 4.31 Å². The van der Waals surface area contributed by atoms with E-state index in [1.807, 2.05) is 0 Å². The van der Waals surface area contributed by atoms with E-state index in [9.17, 15) is 26.9 Å². The highest BCUT2D eigenvalue weighted by Crippen LogP contribution is 2.31. The quantitative estimate of drug-likeness (QED) is 0.603. The zero-order valence-electron chi connectivity index (χ0n) is 13.3. The average Bonchev–Trinajstić information content (AvgIpc) is 2.48. The summed E-state index contributed by atoms with van der Waals surface area (Å²) in [5, 5.41) is 15.4. The Morgan fingerprint density at radius 2 is 1.79 bits per heavy atom. The zero-order chi connectivity index (χ0) is 18.3. The van der Waals surface area contributed by atoms with Crippen LogP contribution in [0.2, 0.25) is 0 Å². The number of aryl methyl sites for hydroxylation is 2. The molecule has 1 fully saturated rings. The van der Waals surface area contributed by atoms with Crippen LogP contribution in [0.25, 0.3) is 0 Å². The Morgan fingerprint density at radius 1 is 1.21 bits per heavy atom. The van der Waals surface area contributed by atoms with Gasteiger partial charge < -0.3 is 0 Å². The second kappa shape index (κ2) is 6.39. The van der Waals surface area contributed by atoms with Gasteiger partial charge in [0.1, 0.15) is 0 Å². The molecule has 11 heteroatoms. The van der Waals surface area contributed by atoms with Crippen molar-refractivity contribution in [3.63, 3.8) is 0 Å². The van der Waals surface area contributed by atoms with Crippen LogP contribution in [0.4, 0.5) is 5.69 Å². The van der Waals surface area contributed by atoms with E-state index in [2.05, 4.69) is 0 Å². The van der Waals surface area contributed by atoms with Gasteiger partial charge in [-0.25, -0.2) is 22.0 Å². The van der Waals surface area contributed by atoms with E-state index >= 15 is 0 Å². The SMILES string of the molecule is Cc1cc([N+](=O)[O-])c(S(=O)(=O)N2CCC[C@@H](S(N)(=O)=O)C2)cc1C. The normalized spacial score (nSPS) is 20.0. The molecule has 1 aromatic carbocycles. The molecular formula is C13H19N3O6S2. The van der Waals surface area contributed by atoms with E-state index in [1.54, 1.807) is 13.8 Å². The van der Waals surface area contributed by atoms with Gasteiger partial charge in [-0.15, -0.1) is 0 Å². The second-order valence-corrected chi connectivity index (χ2v) is 9.63. The molecule has 24 heavy (non-hydrogen) atoms. The highest BCUT2D eigenvalue weighted by molar-refractivity contribution is 7.90. The van der Waals surface area contributed by atoms with Gasteiger partial charge in [0.15, 0.2) is 4.90 Å². The van der Waals surface area contributed by atoms with E-state index in [4.69, 9.17) is 5.14 Å². The van der Waals surface area contributed by atoms with Crippen LogP contribution >= 0.6 is 0 Å². The molecule has 1 aliphatic heterocycles. The summed E-state index contributed by atoms with van der Waals surface area (Å²) >= 11 is 0. The highest BCUT2D eigenvalue weighted by Gasteiger charge is 2.38. The number of nitro groups is 1. The first-order valence-electron chi connectivity index (χ1n) is 7.22. The van der Waals surface area contributed by atoms with Crippen molar-refractivity contribution in [2.75, 3.05) is 13.1 Å². The van der Waals surface area contributed by atoms with E-state index < -0.39 is 40.8 Å². The van der Waals surface area contributed by atoms with Crippen LogP contribution in [0.3, 0.4) is 0 Å². The van der Waals surface area contributed by atoms with Crippen LogP contribution in [-0.2, 0) is 20.0 Å². The molecule has 1 heterocycles. The lowest BCUT2D eigenvalue weighted by Gasteiger charge is -2.30. The van der Waals surface area contributed by atoms with Gasteiger partial charge in [-0.05, 0) is 43.9 Å². The first-order chi connectivity index (χ1) is 10.9. The molecule has 0 radical (unpaired) electrons. The standard InChI is InChI=1S/C13H19N3O6S2/c1-9-6-12(16(17)18)13(7-10(9)2)24(21,22)15-5-3-4-11(8-15)23(14,19)20/h6-7,11H,3-5,8H2,1-2H3,(H2,14,19,20)/t11-/m1/s1. The first kappa shape index (κ1) is 18.8. The van der Waals surface area contributed by atoms with Gasteiger partial charge in [-0.2, -0.15) is 4.31 Å². The van der Waals surface area contributed by atoms with Crippen molar-refractivity contribution in [2.24, 2.45) is 5.14 Å². The maximum Gasteiger partial charge on any atom is 0.289 e. The predicted molar refractivity (Wildman–Crippen MR) is 87.5 cm³/mol. The van der Waals surface area contributed by atoms with Gasteiger partial charge in [-0.1, -0.05) is 0 Å². The van der Waals surface area contributed by atoms with E-state index in [-0.39, 0.29) is 19.5 Å². The van der Waals surface area contributed by atoms with Crippen molar-refractivity contribution in [1.29, 1.82) is 0 Å². The molecule has 134 valence electrons. The van der Waals surface area contributed by atoms with Gasteiger partial charge in [0.2, 0.25) is 20.0 Å². The van der Waals surface area contributed by atoms with Gasteiger partial charge in [-0.3, -0.25) is 10.1 Å². The summed E-state index contributed by atoms with van der Waals surface area (Å²) in [6, 6.07) is 2.46. The molecular weight excluding hydrogens is 358 g/mol. The largest absolute Gasteiger partial charge is 0.289 e. The topological polar surface area (TPSA) is 141 Å². The van der Waals surface area contributed by atoms with Crippen LogP contribution in [0.1, 0.15) is 24.0 Å². The molecule has 1 saturated heterocycles. The Morgan fingerprint density at radius 3 is 2.33 bits per heavy atom. The number of nitrogens with two attached hydrogens (primary N) is 1. The molecule has 0 unspecified atom stereocenters. The third-order valence-electron chi connectivity index (χ3n) is 4.20. The lowest BCUT2D eigenvalue weighted by Crippen LogP contribution is -2.47. The minimum absolute atomic E-state index is 0.0957. The van der Waals surface area contributed by atoms with Gasteiger partial charge in [0.05, 0.1) is 10.2 Å². The highest BCUT2D eigenvalue weighted by atomic mass is 32.2. The molecule has 1 aromatic rings. The van der Waals surface area contributed by atoms with Crippen molar-refractivity contribution in [3.05, 3.63) is 33.4 Å². The second-order valence-electron chi connectivity index (χ2n) is 5.88. The van der Waals surface area contributed by atoms with Gasteiger partial charge >= 0.3 is 0 Å². The number of benzene rings is 1. The van der Waals surface area contributed by atoms with Gasteiger partial charge in [0, 0.05) is 19.2 Å². The maximum absolute atomic E-state index is 12.8. The Kier molecular flexibility index (Phi) is 5.00. The number of sulfonamides is 2. The molecule has 2 rings (SSSR count). The lowest BCUT2D eigenvalue weighted by atomic mass is 10.1. The van der Waals surface area contributed by atoms with Crippen molar-refractivity contribution < 1.29 is 21.8 Å². The van der Waals surface area contributed by atoms with Crippen LogP contribution in [-0.4, -0.2) is 44.4 Å². The minimum atomic E-state index is -4.20. The van der Waals surface area contributed by atoms with Crippen LogP contribution in [0, 0.1) is 24.0 Å². The summed E-state index contributed by atoms with van der Waals surface area (Å²) in [6.07, 6.45) is 0.582. The van der Waals surface area contributed by atoms with E-state index in [1.165, 1.54) is 12.1 Å². The van der Waals surface area contributed by atoms with Crippen LogP contribution in [0.15, 0.2) is 17.0 Å². The summed E-state index contributed by atoms with van der Waals surface area (Å²) in [4.78, 5) is 10.1. The molecule has 0 saturated carbocycles. The fourth-order valence-electron chi connectivity index (χ4n) is 2.65. The lowest BCUT2D eigenvalue weighted by molar-refractivity contribution is -0.387. The third kappa shape index (κ3) is 3.58. The number of piperidine rings is 1. The van der Waals surface area contributed by atoms with Crippen molar-refractivity contribution >= 4 is 25.7 Å². The molecule has 0 spiro atoms. The Labute approximate surface area is 140 Å². The third-order valence-corrected chi connectivity index (χ3v) is 7.40. The molecule has 0 bridgehead atoms. The number of rotatable bonds is 4. The summed E-state index contributed by atoms with van der Waals surface area (Å²) in [5.41, 5.74) is 0.678. The smallest absolute Gasteiger partial charge is 0.258 e. The Bertz CT molecular complexity index is 879.